The van der Waals surface area contributed by atoms with Gasteiger partial charge in [0.05, 0.1) is 13.2 Å². The molecule has 0 unspecified atom stereocenters. The SMILES string of the molecule is O=C(C1CCCCCC1)N(CCN1CCOCC1)Cc1c[nH]c2ccc(F)cc12. The number of hydrogen-bond acceptors (Lipinski definition) is 3. The number of nitrogens with zero attached hydrogens (tertiary/aromatic N) is 2. The molecule has 1 amide bonds. The summed E-state index contributed by atoms with van der Waals surface area (Å²) >= 11 is 0. The van der Waals surface area contributed by atoms with Gasteiger partial charge in [-0.1, -0.05) is 25.7 Å². The Morgan fingerprint density at radius 2 is 1.93 bits per heavy atom. The first-order valence-electron chi connectivity index (χ1n) is 11.0. The maximum atomic E-state index is 13.8. The summed E-state index contributed by atoms with van der Waals surface area (Å²) in [6, 6.07) is 4.80. The van der Waals surface area contributed by atoms with Crippen LogP contribution in [0.15, 0.2) is 24.4 Å². The summed E-state index contributed by atoms with van der Waals surface area (Å²) in [6.45, 7) is 5.46. The lowest BCUT2D eigenvalue weighted by Gasteiger charge is -2.32. The largest absolute Gasteiger partial charge is 0.379 e. The van der Waals surface area contributed by atoms with Crippen molar-refractivity contribution in [2.45, 2.75) is 45.1 Å². The van der Waals surface area contributed by atoms with Gasteiger partial charge < -0.3 is 14.6 Å². The number of aromatic nitrogens is 1. The van der Waals surface area contributed by atoms with E-state index in [0.29, 0.717) is 13.1 Å². The first-order valence-corrected chi connectivity index (χ1v) is 11.0. The summed E-state index contributed by atoms with van der Waals surface area (Å²) in [5.41, 5.74) is 1.90. The molecular formula is C23H32FN3O2. The lowest BCUT2D eigenvalue weighted by molar-refractivity contribution is -0.137. The van der Waals surface area contributed by atoms with Crippen LogP contribution in [0.3, 0.4) is 0 Å². The smallest absolute Gasteiger partial charge is 0.226 e. The predicted molar refractivity (Wildman–Crippen MR) is 112 cm³/mol. The highest BCUT2D eigenvalue weighted by Crippen LogP contribution is 2.27. The third kappa shape index (κ3) is 5.17. The number of ether oxygens (including phenoxy) is 1. The lowest BCUT2D eigenvalue weighted by atomic mass is 9.98. The minimum atomic E-state index is -0.242. The Bertz CT molecular complexity index is 808. The molecule has 29 heavy (non-hydrogen) atoms. The second-order valence-corrected chi connectivity index (χ2v) is 8.41. The second-order valence-electron chi connectivity index (χ2n) is 8.41. The molecule has 1 aromatic carbocycles. The van der Waals surface area contributed by atoms with E-state index in [2.05, 4.69) is 9.88 Å². The first-order chi connectivity index (χ1) is 14.2. The highest BCUT2D eigenvalue weighted by atomic mass is 19.1. The van der Waals surface area contributed by atoms with Crippen LogP contribution in [0, 0.1) is 11.7 Å². The number of fused-ring (bicyclic) bond motifs is 1. The Balaban J connectivity index is 1.51. The van der Waals surface area contributed by atoms with Crippen molar-refractivity contribution in [2.75, 3.05) is 39.4 Å². The topological polar surface area (TPSA) is 48.6 Å². The third-order valence-electron chi connectivity index (χ3n) is 6.40. The molecule has 2 aromatic rings. The van der Waals surface area contributed by atoms with Gasteiger partial charge in [-0.25, -0.2) is 4.39 Å². The number of carbonyl (C=O) groups is 1. The molecule has 0 bridgehead atoms. The highest BCUT2D eigenvalue weighted by Gasteiger charge is 2.26. The van der Waals surface area contributed by atoms with Crippen molar-refractivity contribution in [3.63, 3.8) is 0 Å². The fraction of sp³-hybridized carbons (Fsp3) is 0.609. The molecule has 1 aliphatic carbocycles. The van der Waals surface area contributed by atoms with E-state index in [0.717, 1.165) is 75.0 Å². The van der Waals surface area contributed by atoms with Crippen LogP contribution in [0.1, 0.15) is 44.1 Å². The molecule has 5 nitrogen and oxygen atoms in total. The van der Waals surface area contributed by atoms with Crippen LogP contribution in [0.25, 0.3) is 10.9 Å². The summed E-state index contributed by atoms with van der Waals surface area (Å²) in [7, 11) is 0. The van der Waals surface area contributed by atoms with E-state index in [4.69, 9.17) is 4.74 Å². The molecule has 2 aliphatic rings. The molecular weight excluding hydrogens is 369 g/mol. The first kappa shape index (κ1) is 20.4. The molecule has 2 heterocycles. The molecule has 0 radical (unpaired) electrons. The number of morpholine rings is 1. The molecule has 0 atom stereocenters. The zero-order valence-corrected chi connectivity index (χ0v) is 17.2. The monoisotopic (exact) mass is 401 g/mol. The number of benzene rings is 1. The average molecular weight is 402 g/mol. The summed E-state index contributed by atoms with van der Waals surface area (Å²) in [5.74, 6) is 0.156. The molecule has 158 valence electrons. The van der Waals surface area contributed by atoms with Crippen molar-refractivity contribution in [2.24, 2.45) is 5.92 Å². The van der Waals surface area contributed by atoms with E-state index in [9.17, 15) is 9.18 Å². The van der Waals surface area contributed by atoms with Crippen LogP contribution >= 0.6 is 0 Å². The van der Waals surface area contributed by atoms with E-state index in [-0.39, 0.29) is 17.6 Å². The van der Waals surface area contributed by atoms with Gasteiger partial charge in [0, 0.05) is 55.7 Å². The van der Waals surface area contributed by atoms with Crippen molar-refractivity contribution in [1.82, 2.24) is 14.8 Å². The molecule has 6 heteroatoms. The molecule has 4 rings (SSSR count). The normalized spacial score (nSPS) is 19.3. The third-order valence-corrected chi connectivity index (χ3v) is 6.40. The standard InChI is InChI=1S/C23H32FN3O2/c24-20-7-8-22-21(15-20)19(16-25-22)17-27(10-9-26-11-13-29-14-12-26)23(28)18-5-3-1-2-4-6-18/h7-8,15-16,18,25H,1-6,9-14,17H2. The average Bonchev–Trinajstić information content (AvgIpc) is 2.95. The van der Waals surface area contributed by atoms with Crippen LogP contribution in [-0.4, -0.2) is 60.1 Å². The van der Waals surface area contributed by atoms with Gasteiger partial charge in [0.2, 0.25) is 5.91 Å². The van der Waals surface area contributed by atoms with Crippen molar-refractivity contribution < 1.29 is 13.9 Å². The number of H-pyrrole nitrogens is 1. The van der Waals surface area contributed by atoms with Crippen LogP contribution in [-0.2, 0) is 16.1 Å². The number of carbonyl (C=O) groups excluding carboxylic acids is 1. The van der Waals surface area contributed by atoms with Crippen LogP contribution < -0.4 is 0 Å². The van der Waals surface area contributed by atoms with Gasteiger partial charge in [0.25, 0.3) is 0 Å². The predicted octanol–water partition coefficient (Wildman–Crippen LogP) is 3.94. The Hall–Kier alpha value is -1.92. The van der Waals surface area contributed by atoms with E-state index in [1.165, 1.54) is 18.9 Å². The quantitative estimate of drug-likeness (QED) is 0.746. The minimum Gasteiger partial charge on any atom is -0.379 e. The highest BCUT2D eigenvalue weighted by molar-refractivity contribution is 5.84. The summed E-state index contributed by atoms with van der Waals surface area (Å²) < 4.78 is 19.2. The fourth-order valence-corrected chi connectivity index (χ4v) is 4.63. The zero-order chi connectivity index (χ0) is 20.1. The molecule has 1 N–H and O–H groups in total. The van der Waals surface area contributed by atoms with E-state index in [1.807, 2.05) is 11.1 Å². The van der Waals surface area contributed by atoms with Gasteiger partial charge >= 0.3 is 0 Å². The molecule has 1 saturated carbocycles. The van der Waals surface area contributed by atoms with E-state index < -0.39 is 0 Å². The summed E-state index contributed by atoms with van der Waals surface area (Å²) in [5, 5.41) is 0.870. The fourth-order valence-electron chi connectivity index (χ4n) is 4.63. The van der Waals surface area contributed by atoms with Gasteiger partial charge in [-0.15, -0.1) is 0 Å². The number of rotatable bonds is 6. The Morgan fingerprint density at radius 1 is 1.17 bits per heavy atom. The number of halogens is 1. The minimum absolute atomic E-state index is 0.129. The molecule has 0 spiro atoms. The van der Waals surface area contributed by atoms with Gasteiger partial charge in [-0.3, -0.25) is 9.69 Å². The van der Waals surface area contributed by atoms with Gasteiger partial charge in [0.1, 0.15) is 5.82 Å². The Kier molecular flexibility index (Phi) is 6.82. The Labute approximate surface area is 172 Å². The molecule has 1 saturated heterocycles. The lowest BCUT2D eigenvalue weighted by Crippen LogP contribution is -2.44. The van der Waals surface area contributed by atoms with Gasteiger partial charge in [-0.2, -0.15) is 0 Å². The summed E-state index contributed by atoms with van der Waals surface area (Å²) in [4.78, 5) is 21.1. The molecule has 2 fully saturated rings. The Morgan fingerprint density at radius 3 is 2.69 bits per heavy atom. The van der Waals surface area contributed by atoms with Gasteiger partial charge in [0.15, 0.2) is 0 Å². The number of nitrogens with one attached hydrogen (secondary N) is 1. The van der Waals surface area contributed by atoms with Crippen LogP contribution in [0.4, 0.5) is 4.39 Å². The number of aromatic amines is 1. The van der Waals surface area contributed by atoms with Crippen LogP contribution in [0.2, 0.25) is 0 Å². The maximum absolute atomic E-state index is 13.8. The van der Waals surface area contributed by atoms with E-state index in [1.54, 1.807) is 12.1 Å². The zero-order valence-electron chi connectivity index (χ0n) is 17.2. The second kappa shape index (κ2) is 9.72. The maximum Gasteiger partial charge on any atom is 0.226 e. The molecule has 1 aliphatic heterocycles. The van der Waals surface area contributed by atoms with Gasteiger partial charge in [-0.05, 0) is 36.6 Å². The van der Waals surface area contributed by atoms with Crippen molar-refractivity contribution in [1.29, 1.82) is 0 Å². The number of amides is 1. The van der Waals surface area contributed by atoms with Crippen molar-refractivity contribution >= 4 is 16.8 Å². The van der Waals surface area contributed by atoms with E-state index >= 15 is 0 Å². The van der Waals surface area contributed by atoms with Crippen molar-refractivity contribution in [3.8, 4) is 0 Å². The molecule has 1 aromatic heterocycles. The summed E-state index contributed by atoms with van der Waals surface area (Å²) in [6.07, 6.45) is 8.67. The number of hydrogen-bond donors (Lipinski definition) is 1. The van der Waals surface area contributed by atoms with Crippen LogP contribution in [0.5, 0.6) is 0 Å². The van der Waals surface area contributed by atoms with Crippen molar-refractivity contribution in [3.05, 3.63) is 35.8 Å².